The van der Waals surface area contributed by atoms with Gasteiger partial charge in [-0.1, -0.05) is 11.6 Å². The van der Waals surface area contributed by atoms with Gasteiger partial charge in [-0.2, -0.15) is 0 Å². The molecule has 6 heteroatoms. The molecule has 0 fully saturated rings. The summed E-state index contributed by atoms with van der Waals surface area (Å²) in [4.78, 5) is 16.1. The molecular formula is C12H12ClN3OS. The first-order valence-corrected chi connectivity index (χ1v) is 6.61. The smallest absolute Gasteiger partial charge is 0.221 e. The van der Waals surface area contributed by atoms with Crippen molar-refractivity contribution in [1.29, 1.82) is 0 Å². The average molecular weight is 282 g/mol. The molecule has 0 bridgehead atoms. The number of thiophene rings is 1. The first kappa shape index (κ1) is 12.9. The number of anilines is 2. The fourth-order valence-electron chi connectivity index (χ4n) is 1.47. The number of hydrogen-bond acceptors (Lipinski definition) is 4. The number of rotatable bonds is 4. The second-order valence-electron chi connectivity index (χ2n) is 3.63. The minimum absolute atomic E-state index is 0.0749. The van der Waals surface area contributed by atoms with E-state index in [-0.39, 0.29) is 5.91 Å². The molecule has 2 rings (SSSR count). The number of carbonyl (C=O) groups excluding carboxylic acids is 1. The van der Waals surface area contributed by atoms with Crippen molar-refractivity contribution in [2.45, 2.75) is 13.5 Å². The summed E-state index contributed by atoms with van der Waals surface area (Å²) in [5.74, 6) is -0.0749. The van der Waals surface area contributed by atoms with E-state index >= 15 is 0 Å². The third kappa shape index (κ3) is 3.21. The van der Waals surface area contributed by atoms with Crippen molar-refractivity contribution in [2.75, 3.05) is 10.6 Å². The van der Waals surface area contributed by atoms with Gasteiger partial charge in [0.15, 0.2) is 5.15 Å². The molecule has 0 spiro atoms. The number of hydrogen-bond donors (Lipinski definition) is 2. The van der Waals surface area contributed by atoms with Gasteiger partial charge in [0.2, 0.25) is 5.91 Å². The summed E-state index contributed by atoms with van der Waals surface area (Å²) in [5, 5.41) is 8.36. The highest BCUT2D eigenvalue weighted by Gasteiger charge is 2.06. The lowest BCUT2D eigenvalue weighted by Gasteiger charge is -2.08. The van der Waals surface area contributed by atoms with Gasteiger partial charge in [0.1, 0.15) is 0 Å². The lowest BCUT2D eigenvalue weighted by molar-refractivity contribution is -0.114. The van der Waals surface area contributed by atoms with Gasteiger partial charge >= 0.3 is 0 Å². The lowest BCUT2D eigenvalue weighted by Crippen LogP contribution is -2.08. The predicted octanol–water partition coefficient (Wildman–Crippen LogP) is 3.37. The number of nitrogens with zero attached hydrogens (tertiary/aromatic N) is 1. The second-order valence-corrected chi connectivity index (χ2v) is 4.99. The van der Waals surface area contributed by atoms with Crippen LogP contribution in [-0.2, 0) is 11.3 Å². The SMILES string of the molecule is CC(=O)Nc1ccsc1CNc1cccnc1Cl. The van der Waals surface area contributed by atoms with E-state index in [1.807, 2.05) is 23.6 Å². The number of halogens is 1. The molecule has 0 aliphatic carbocycles. The van der Waals surface area contributed by atoms with E-state index in [1.54, 1.807) is 17.5 Å². The van der Waals surface area contributed by atoms with Gasteiger partial charge in [-0.3, -0.25) is 4.79 Å². The molecule has 0 unspecified atom stereocenters. The lowest BCUT2D eigenvalue weighted by atomic mass is 10.3. The Hall–Kier alpha value is -1.59. The molecule has 0 saturated heterocycles. The summed E-state index contributed by atoms with van der Waals surface area (Å²) in [6.07, 6.45) is 1.64. The Kier molecular flexibility index (Phi) is 4.17. The molecule has 2 aromatic heterocycles. The Morgan fingerprint density at radius 2 is 2.28 bits per heavy atom. The van der Waals surface area contributed by atoms with Gasteiger partial charge in [-0.15, -0.1) is 11.3 Å². The van der Waals surface area contributed by atoms with Gasteiger partial charge in [0, 0.05) is 18.0 Å². The van der Waals surface area contributed by atoms with Crippen LogP contribution in [0, 0.1) is 0 Å². The normalized spacial score (nSPS) is 10.1. The van der Waals surface area contributed by atoms with Crippen LogP contribution in [0.3, 0.4) is 0 Å². The van der Waals surface area contributed by atoms with Gasteiger partial charge < -0.3 is 10.6 Å². The molecule has 0 aromatic carbocycles. The fourth-order valence-corrected chi connectivity index (χ4v) is 2.43. The summed E-state index contributed by atoms with van der Waals surface area (Å²) in [6.45, 7) is 2.09. The van der Waals surface area contributed by atoms with Crippen LogP contribution in [0.2, 0.25) is 5.15 Å². The van der Waals surface area contributed by atoms with Crippen molar-refractivity contribution >= 4 is 40.2 Å². The number of nitrogens with one attached hydrogen (secondary N) is 2. The van der Waals surface area contributed by atoms with Crippen molar-refractivity contribution in [1.82, 2.24) is 4.98 Å². The second kappa shape index (κ2) is 5.84. The third-order valence-corrected chi connectivity index (χ3v) is 3.48. The molecular weight excluding hydrogens is 270 g/mol. The quantitative estimate of drug-likeness (QED) is 0.845. The zero-order chi connectivity index (χ0) is 13.0. The van der Waals surface area contributed by atoms with Crippen LogP contribution in [0.5, 0.6) is 0 Å². The topological polar surface area (TPSA) is 54.0 Å². The minimum Gasteiger partial charge on any atom is -0.378 e. The van der Waals surface area contributed by atoms with Gasteiger partial charge in [-0.25, -0.2) is 4.98 Å². The average Bonchev–Trinajstić information content (AvgIpc) is 2.75. The molecule has 2 N–H and O–H groups in total. The molecule has 2 aromatic rings. The Bertz CT molecular complexity index is 556. The zero-order valence-corrected chi connectivity index (χ0v) is 11.3. The number of aromatic nitrogens is 1. The summed E-state index contributed by atoms with van der Waals surface area (Å²) in [6, 6.07) is 5.56. The fraction of sp³-hybridized carbons (Fsp3) is 0.167. The van der Waals surface area contributed by atoms with Crippen LogP contribution in [0.25, 0.3) is 0 Å². The van der Waals surface area contributed by atoms with E-state index in [0.717, 1.165) is 16.3 Å². The summed E-state index contributed by atoms with van der Waals surface area (Å²) >= 11 is 7.52. The molecule has 0 radical (unpaired) electrons. The highest BCUT2D eigenvalue weighted by Crippen LogP contribution is 2.25. The van der Waals surface area contributed by atoms with E-state index in [0.29, 0.717) is 11.7 Å². The monoisotopic (exact) mass is 281 g/mol. The van der Waals surface area contributed by atoms with Crippen molar-refractivity contribution in [2.24, 2.45) is 0 Å². The van der Waals surface area contributed by atoms with Crippen LogP contribution in [0.1, 0.15) is 11.8 Å². The highest BCUT2D eigenvalue weighted by molar-refractivity contribution is 7.10. The number of pyridine rings is 1. The molecule has 0 atom stereocenters. The van der Waals surface area contributed by atoms with Crippen LogP contribution < -0.4 is 10.6 Å². The van der Waals surface area contributed by atoms with Crippen LogP contribution in [-0.4, -0.2) is 10.9 Å². The van der Waals surface area contributed by atoms with E-state index in [1.165, 1.54) is 6.92 Å². The Morgan fingerprint density at radius 1 is 1.44 bits per heavy atom. The maximum Gasteiger partial charge on any atom is 0.221 e. The maximum absolute atomic E-state index is 11.0. The summed E-state index contributed by atoms with van der Waals surface area (Å²) in [5.41, 5.74) is 1.61. The van der Waals surface area contributed by atoms with E-state index < -0.39 is 0 Å². The van der Waals surface area contributed by atoms with Crippen molar-refractivity contribution in [3.8, 4) is 0 Å². The molecule has 0 aliphatic heterocycles. The van der Waals surface area contributed by atoms with Crippen molar-refractivity contribution in [3.05, 3.63) is 39.8 Å². The zero-order valence-electron chi connectivity index (χ0n) is 9.74. The van der Waals surface area contributed by atoms with Gasteiger partial charge in [-0.05, 0) is 23.6 Å². The third-order valence-electron chi connectivity index (χ3n) is 2.25. The standard InChI is InChI=1S/C12H12ClN3OS/c1-8(17)16-9-4-6-18-11(9)7-15-10-3-2-5-14-12(10)13/h2-6,15H,7H2,1H3,(H,16,17). The first-order valence-electron chi connectivity index (χ1n) is 5.35. The Labute approximate surface area is 114 Å². The van der Waals surface area contributed by atoms with Crippen LogP contribution >= 0.6 is 22.9 Å². The first-order chi connectivity index (χ1) is 8.66. The number of amides is 1. The molecule has 2 heterocycles. The summed E-state index contributed by atoms with van der Waals surface area (Å²) in [7, 11) is 0. The van der Waals surface area contributed by atoms with Gasteiger partial charge in [0.25, 0.3) is 0 Å². The molecule has 18 heavy (non-hydrogen) atoms. The van der Waals surface area contributed by atoms with Crippen molar-refractivity contribution in [3.63, 3.8) is 0 Å². The Balaban J connectivity index is 2.05. The highest BCUT2D eigenvalue weighted by atomic mass is 35.5. The molecule has 94 valence electrons. The largest absolute Gasteiger partial charge is 0.378 e. The molecule has 4 nitrogen and oxygen atoms in total. The van der Waals surface area contributed by atoms with Crippen molar-refractivity contribution < 1.29 is 4.79 Å². The molecule has 1 amide bonds. The number of carbonyl (C=O) groups is 1. The van der Waals surface area contributed by atoms with E-state index in [2.05, 4.69) is 15.6 Å². The maximum atomic E-state index is 11.0. The van der Waals surface area contributed by atoms with Crippen LogP contribution in [0.15, 0.2) is 29.8 Å². The minimum atomic E-state index is -0.0749. The van der Waals surface area contributed by atoms with E-state index in [4.69, 9.17) is 11.6 Å². The molecule has 0 saturated carbocycles. The van der Waals surface area contributed by atoms with Gasteiger partial charge in [0.05, 0.1) is 17.9 Å². The molecule has 0 aliphatic rings. The van der Waals surface area contributed by atoms with E-state index in [9.17, 15) is 4.79 Å². The Morgan fingerprint density at radius 3 is 3.00 bits per heavy atom. The predicted molar refractivity (Wildman–Crippen MR) is 75.2 cm³/mol. The van der Waals surface area contributed by atoms with Crippen LogP contribution in [0.4, 0.5) is 11.4 Å². The summed E-state index contributed by atoms with van der Waals surface area (Å²) < 4.78 is 0.